The van der Waals surface area contributed by atoms with Gasteiger partial charge in [-0.05, 0) is 30.3 Å². The van der Waals surface area contributed by atoms with Gasteiger partial charge in [0.1, 0.15) is 5.82 Å². The first-order valence-electron chi connectivity index (χ1n) is 5.14. The fourth-order valence-corrected chi connectivity index (χ4v) is 2.35. The molecule has 4 heteroatoms. The molecule has 1 N–H and O–H groups in total. The number of H-pyrrole nitrogens is 1. The minimum atomic E-state index is 0.700. The molecule has 0 atom stereocenters. The molecular formula is C13H8BrClN2. The Morgan fingerprint density at radius 1 is 1.12 bits per heavy atom. The van der Waals surface area contributed by atoms with E-state index in [1.54, 1.807) is 0 Å². The number of imidazole rings is 1. The number of benzene rings is 2. The summed E-state index contributed by atoms with van der Waals surface area (Å²) in [7, 11) is 0. The van der Waals surface area contributed by atoms with E-state index in [4.69, 9.17) is 11.6 Å². The van der Waals surface area contributed by atoms with E-state index in [0.717, 1.165) is 26.9 Å². The van der Waals surface area contributed by atoms with E-state index in [9.17, 15) is 0 Å². The molecule has 2 aromatic carbocycles. The third-order valence-electron chi connectivity index (χ3n) is 2.57. The summed E-state index contributed by atoms with van der Waals surface area (Å²) in [6.45, 7) is 0. The highest BCUT2D eigenvalue weighted by Crippen LogP contribution is 2.27. The van der Waals surface area contributed by atoms with Crippen molar-refractivity contribution in [1.82, 2.24) is 9.97 Å². The number of rotatable bonds is 1. The minimum Gasteiger partial charge on any atom is -0.338 e. The van der Waals surface area contributed by atoms with E-state index >= 15 is 0 Å². The molecule has 0 spiro atoms. The van der Waals surface area contributed by atoms with Crippen LogP contribution < -0.4 is 0 Å². The molecule has 0 fully saturated rings. The second-order valence-corrected chi connectivity index (χ2v) is 5.05. The number of fused-ring (bicyclic) bond motifs is 1. The van der Waals surface area contributed by atoms with Crippen LogP contribution in [-0.2, 0) is 0 Å². The van der Waals surface area contributed by atoms with E-state index < -0.39 is 0 Å². The molecule has 1 heterocycles. The summed E-state index contributed by atoms with van der Waals surface area (Å²) in [5, 5.41) is 0.700. The standard InChI is InChI=1S/C13H8BrClN2/c14-8-5-6-11-12(7-8)17-13(16-11)9-3-1-2-4-10(9)15/h1-7H,(H,16,17). The van der Waals surface area contributed by atoms with Gasteiger partial charge >= 0.3 is 0 Å². The molecule has 84 valence electrons. The molecule has 0 bridgehead atoms. The zero-order valence-electron chi connectivity index (χ0n) is 8.74. The Kier molecular flexibility index (Phi) is 2.65. The van der Waals surface area contributed by atoms with Crippen LogP contribution in [0.1, 0.15) is 0 Å². The van der Waals surface area contributed by atoms with Crippen LogP contribution in [0.25, 0.3) is 22.4 Å². The average molecular weight is 308 g/mol. The Bertz CT molecular complexity index is 691. The minimum absolute atomic E-state index is 0.700. The number of nitrogens with one attached hydrogen (secondary N) is 1. The summed E-state index contributed by atoms with van der Waals surface area (Å²) < 4.78 is 1.03. The van der Waals surface area contributed by atoms with Crippen molar-refractivity contribution in [2.24, 2.45) is 0 Å². The molecule has 1 aromatic heterocycles. The van der Waals surface area contributed by atoms with Crippen molar-refractivity contribution in [3.05, 3.63) is 52.0 Å². The van der Waals surface area contributed by atoms with Crippen LogP contribution in [-0.4, -0.2) is 9.97 Å². The van der Waals surface area contributed by atoms with Crippen LogP contribution in [0.5, 0.6) is 0 Å². The molecular weight excluding hydrogens is 300 g/mol. The van der Waals surface area contributed by atoms with Crippen LogP contribution in [0.4, 0.5) is 0 Å². The van der Waals surface area contributed by atoms with Gasteiger partial charge in [-0.15, -0.1) is 0 Å². The summed E-state index contributed by atoms with van der Waals surface area (Å²) in [6.07, 6.45) is 0. The molecule has 17 heavy (non-hydrogen) atoms. The first-order chi connectivity index (χ1) is 8.24. The summed E-state index contributed by atoms with van der Waals surface area (Å²) in [5.41, 5.74) is 2.85. The maximum absolute atomic E-state index is 6.15. The van der Waals surface area contributed by atoms with Crippen LogP contribution >= 0.6 is 27.5 Å². The lowest BCUT2D eigenvalue weighted by Gasteiger charge is -1.98. The van der Waals surface area contributed by atoms with E-state index in [0.29, 0.717) is 5.02 Å². The summed E-state index contributed by atoms with van der Waals surface area (Å²) in [4.78, 5) is 7.79. The molecule has 0 aliphatic carbocycles. The maximum atomic E-state index is 6.15. The number of aromatic amines is 1. The zero-order chi connectivity index (χ0) is 11.8. The number of nitrogens with zero attached hydrogens (tertiary/aromatic N) is 1. The van der Waals surface area contributed by atoms with Crippen LogP contribution in [0.3, 0.4) is 0 Å². The fourth-order valence-electron chi connectivity index (χ4n) is 1.76. The average Bonchev–Trinajstić information content (AvgIpc) is 2.72. The largest absolute Gasteiger partial charge is 0.338 e. The van der Waals surface area contributed by atoms with Crippen LogP contribution in [0, 0.1) is 0 Å². The van der Waals surface area contributed by atoms with Crippen molar-refractivity contribution in [3.8, 4) is 11.4 Å². The lowest BCUT2D eigenvalue weighted by Crippen LogP contribution is -1.80. The first kappa shape index (κ1) is 10.8. The van der Waals surface area contributed by atoms with Gasteiger partial charge in [0.25, 0.3) is 0 Å². The van der Waals surface area contributed by atoms with Gasteiger partial charge in [0.2, 0.25) is 0 Å². The molecule has 3 aromatic rings. The van der Waals surface area contributed by atoms with E-state index in [2.05, 4.69) is 25.9 Å². The van der Waals surface area contributed by atoms with E-state index in [-0.39, 0.29) is 0 Å². The zero-order valence-corrected chi connectivity index (χ0v) is 11.1. The smallest absolute Gasteiger partial charge is 0.139 e. The van der Waals surface area contributed by atoms with Gasteiger partial charge in [0.15, 0.2) is 0 Å². The molecule has 0 saturated carbocycles. The molecule has 0 aliphatic rings. The summed E-state index contributed by atoms with van der Waals surface area (Å²) in [5.74, 6) is 0.795. The SMILES string of the molecule is Clc1ccccc1-c1nc2ccc(Br)cc2[nH]1. The van der Waals surface area contributed by atoms with Gasteiger partial charge in [-0.3, -0.25) is 0 Å². The normalized spacial score (nSPS) is 10.9. The summed E-state index contributed by atoms with van der Waals surface area (Å²) in [6, 6.07) is 13.6. The van der Waals surface area contributed by atoms with Crippen molar-refractivity contribution < 1.29 is 0 Å². The Balaban J connectivity index is 2.22. The van der Waals surface area contributed by atoms with Crippen molar-refractivity contribution in [2.45, 2.75) is 0 Å². The van der Waals surface area contributed by atoms with Gasteiger partial charge in [-0.25, -0.2) is 4.98 Å². The second-order valence-electron chi connectivity index (χ2n) is 3.73. The highest BCUT2D eigenvalue weighted by atomic mass is 79.9. The summed E-state index contributed by atoms with van der Waals surface area (Å²) >= 11 is 9.59. The Morgan fingerprint density at radius 2 is 1.94 bits per heavy atom. The monoisotopic (exact) mass is 306 g/mol. The Hall–Kier alpha value is -1.32. The number of hydrogen-bond donors (Lipinski definition) is 1. The van der Waals surface area contributed by atoms with Crippen molar-refractivity contribution in [2.75, 3.05) is 0 Å². The van der Waals surface area contributed by atoms with Gasteiger partial charge in [0, 0.05) is 10.0 Å². The molecule has 0 amide bonds. The molecule has 0 unspecified atom stereocenters. The lowest BCUT2D eigenvalue weighted by molar-refractivity contribution is 1.34. The van der Waals surface area contributed by atoms with Gasteiger partial charge < -0.3 is 4.98 Å². The van der Waals surface area contributed by atoms with Gasteiger partial charge in [-0.1, -0.05) is 39.7 Å². The van der Waals surface area contributed by atoms with Crippen LogP contribution in [0.15, 0.2) is 46.9 Å². The van der Waals surface area contributed by atoms with Crippen molar-refractivity contribution in [1.29, 1.82) is 0 Å². The molecule has 0 radical (unpaired) electrons. The third-order valence-corrected chi connectivity index (χ3v) is 3.40. The quantitative estimate of drug-likeness (QED) is 0.697. The fraction of sp³-hybridized carbons (Fsp3) is 0. The van der Waals surface area contributed by atoms with Gasteiger partial charge in [0.05, 0.1) is 16.1 Å². The van der Waals surface area contributed by atoms with Crippen molar-refractivity contribution >= 4 is 38.6 Å². The second kappa shape index (κ2) is 4.17. The number of halogens is 2. The predicted octanol–water partition coefficient (Wildman–Crippen LogP) is 4.65. The molecule has 0 aliphatic heterocycles. The highest BCUT2D eigenvalue weighted by Gasteiger charge is 2.08. The Morgan fingerprint density at radius 3 is 2.76 bits per heavy atom. The van der Waals surface area contributed by atoms with E-state index in [1.165, 1.54) is 0 Å². The predicted molar refractivity (Wildman–Crippen MR) is 74.2 cm³/mol. The maximum Gasteiger partial charge on any atom is 0.139 e. The lowest BCUT2D eigenvalue weighted by atomic mass is 10.2. The number of aromatic nitrogens is 2. The topological polar surface area (TPSA) is 28.7 Å². The van der Waals surface area contributed by atoms with E-state index in [1.807, 2.05) is 42.5 Å². The van der Waals surface area contributed by atoms with Crippen molar-refractivity contribution in [3.63, 3.8) is 0 Å². The third kappa shape index (κ3) is 1.96. The highest BCUT2D eigenvalue weighted by molar-refractivity contribution is 9.10. The van der Waals surface area contributed by atoms with Gasteiger partial charge in [-0.2, -0.15) is 0 Å². The molecule has 0 saturated heterocycles. The van der Waals surface area contributed by atoms with Crippen LogP contribution in [0.2, 0.25) is 5.02 Å². The Labute approximate surface area is 112 Å². The molecule has 3 rings (SSSR count). The number of hydrogen-bond acceptors (Lipinski definition) is 1. The molecule has 2 nitrogen and oxygen atoms in total. The first-order valence-corrected chi connectivity index (χ1v) is 6.31.